The minimum Gasteiger partial charge on any atom is -0.481 e. The number of hydrogen-bond acceptors (Lipinski definition) is 5. The number of aromatic nitrogens is 2. The van der Waals surface area contributed by atoms with Gasteiger partial charge in [-0.25, -0.2) is 4.79 Å². The van der Waals surface area contributed by atoms with E-state index in [2.05, 4.69) is 20.8 Å². The van der Waals surface area contributed by atoms with E-state index >= 15 is 0 Å². The van der Waals surface area contributed by atoms with Gasteiger partial charge in [-0.15, -0.1) is 0 Å². The molecule has 2 amide bonds. The molecule has 0 radical (unpaired) electrons. The Bertz CT molecular complexity index is 1380. The van der Waals surface area contributed by atoms with Crippen molar-refractivity contribution in [3.05, 3.63) is 84.1 Å². The number of H-pyrrole nitrogens is 1. The minimum absolute atomic E-state index is 0.0540. The number of hydrogen-bond donors (Lipinski definition) is 4. The van der Waals surface area contributed by atoms with Gasteiger partial charge in [0.25, 0.3) is 0 Å². The number of carboxylic acid groups (broad SMARTS) is 1. The first kappa shape index (κ1) is 22.1. The summed E-state index contributed by atoms with van der Waals surface area (Å²) in [5.41, 5.74) is 5.53. The Hall–Kier alpha value is -4.66. The number of nitrogens with one attached hydrogen (secondary N) is 3. The number of carboxylic acids is 1. The van der Waals surface area contributed by atoms with E-state index in [1.165, 1.54) is 0 Å². The zero-order valence-corrected chi connectivity index (χ0v) is 18.5. The van der Waals surface area contributed by atoms with Crippen molar-refractivity contribution >= 4 is 34.6 Å². The van der Waals surface area contributed by atoms with Crippen LogP contribution in [0, 0.1) is 0 Å². The fraction of sp³-hybridized carbons (Fsp3) is 0.154. The Morgan fingerprint density at radius 1 is 1.00 bits per heavy atom. The van der Waals surface area contributed by atoms with Gasteiger partial charge >= 0.3 is 12.1 Å². The molecule has 1 aliphatic carbocycles. The minimum atomic E-state index is -1.32. The predicted octanol–water partition coefficient (Wildman–Crippen LogP) is 3.88. The molecule has 35 heavy (non-hydrogen) atoms. The van der Waals surface area contributed by atoms with E-state index in [-0.39, 0.29) is 12.5 Å². The van der Waals surface area contributed by atoms with Gasteiger partial charge in [-0.1, -0.05) is 48.5 Å². The van der Waals surface area contributed by atoms with E-state index in [0.717, 1.165) is 33.2 Å². The van der Waals surface area contributed by atoms with E-state index in [9.17, 15) is 19.5 Å². The molecule has 0 fully saturated rings. The molecule has 1 atom stereocenters. The average molecular weight is 470 g/mol. The summed E-state index contributed by atoms with van der Waals surface area (Å²) < 4.78 is 5.46. The van der Waals surface area contributed by atoms with Gasteiger partial charge in [0.2, 0.25) is 5.91 Å². The fourth-order valence-corrected chi connectivity index (χ4v) is 4.42. The molecule has 9 heteroatoms. The summed E-state index contributed by atoms with van der Waals surface area (Å²) in [6.07, 6.45) is 0.150. The molecular formula is C26H22N4O5. The molecule has 4 aromatic rings. The summed E-state index contributed by atoms with van der Waals surface area (Å²) in [5.74, 6) is -2.04. The molecule has 4 N–H and O–H groups in total. The van der Waals surface area contributed by atoms with Crippen molar-refractivity contribution in [3.63, 3.8) is 0 Å². The number of nitrogens with zero attached hydrogens (tertiary/aromatic N) is 1. The maximum atomic E-state index is 12.8. The summed E-state index contributed by atoms with van der Waals surface area (Å²) in [5, 5.41) is 21.8. The summed E-state index contributed by atoms with van der Waals surface area (Å²) >= 11 is 0. The number of carbonyl (C=O) groups is 3. The first-order chi connectivity index (χ1) is 17.0. The topological polar surface area (TPSA) is 133 Å². The van der Waals surface area contributed by atoms with Gasteiger partial charge in [-0.05, 0) is 40.5 Å². The van der Waals surface area contributed by atoms with Gasteiger partial charge in [-0.2, -0.15) is 5.10 Å². The molecule has 1 aliphatic rings. The summed E-state index contributed by atoms with van der Waals surface area (Å²) in [7, 11) is 0. The van der Waals surface area contributed by atoms with Crippen molar-refractivity contribution in [2.45, 2.75) is 18.4 Å². The molecule has 5 rings (SSSR count). The van der Waals surface area contributed by atoms with Crippen LogP contribution in [0.2, 0.25) is 0 Å². The number of ether oxygens (including phenoxy) is 1. The van der Waals surface area contributed by atoms with Crippen LogP contribution in [0.5, 0.6) is 0 Å². The third-order valence-corrected chi connectivity index (χ3v) is 6.04. The monoisotopic (exact) mass is 470 g/mol. The molecule has 1 aromatic heterocycles. The zero-order chi connectivity index (χ0) is 24.4. The van der Waals surface area contributed by atoms with Crippen molar-refractivity contribution in [1.29, 1.82) is 0 Å². The van der Waals surface area contributed by atoms with Gasteiger partial charge in [0.15, 0.2) is 0 Å². The van der Waals surface area contributed by atoms with Crippen molar-refractivity contribution in [1.82, 2.24) is 15.5 Å². The van der Waals surface area contributed by atoms with Crippen LogP contribution in [-0.2, 0) is 14.3 Å². The van der Waals surface area contributed by atoms with Crippen molar-refractivity contribution in [2.24, 2.45) is 0 Å². The van der Waals surface area contributed by atoms with Gasteiger partial charge in [0.1, 0.15) is 12.6 Å². The van der Waals surface area contributed by atoms with Crippen LogP contribution < -0.4 is 10.6 Å². The number of aliphatic carboxylic acids is 1. The lowest BCUT2D eigenvalue weighted by Crippen LogP contribution is -2.45. The maximum Gasteiger partial charge on any atom is 0.407 e. The molecule has 0 spiro atoms. The molecule has 3 aromatic carbocycles. The lowest BCUT2D eigenvalue weighted by molar-refractivity contribution is -0.139. The number of fused-ring (bicyclic) bond motifs is 4. The predicted molar refractivity (Wildman–Crippen MR) is 129 cm³/mol. The SMILES string of the molecule is O=C(O)CC(NC(=O)OCC1c2ccccc2-c2ccccc21)C(=O)Nc1ccc2[nH]ncc2c1. The van der Waals surface area contributed by atoms with E-state index in [0.29, 0.717) is 5.69 Å². The first-order valence-corrected chi connectivity index (χ1v) is 11.1. The second kappa shape index (κ2) is 9.30. The molecule has 1 unspecified atom stereocenters. The molecular weight excluding hydrogens is 448 g/mol. The number of aromatic amines is 1. The molecule has 0 aliphatic heterocycles. The van der Waals surface area contributed by atoms with Crippen LogP contribution in [-0.4, -0.2) is 45.9 Å². The molecule has 1 heterocycles. The average Bonchev–Trinajstić information content (AvgIpc) is 3.44. The van der Waals surface area contributed by atoms with E-state index in [1.807, 2.05) is 48.5 Å². The van der Waals surface area contributed by atoms with Crippen LogP contribution in [0.25, 0.3) is 22.0 Å². The number of amides is 2. The third-order valence-electron chi connectivity index (χ3n) is 6.04. The lowest BCUT2D eigenvalue weighted by atomic mass is 9.98. The first-order valence-electron chi connectivity index (χ1n) is 11.1. The van der Waals surface area contributed by atoms with Crippen LogP contribution in [0.4, 0.5) is 10.5 Å². The Morgan fingerprint density at radius 3 is 2.37 bits per heavy atom. The quantitative estimate of drug-likeness (QED) is 0.324. The van der Waals surface area contributed by atoms with Crippen LogP contribution in [0.15, 0.2) is 72.9 Å². The summed E-state index contributed by atoms with van der Waals surface area (Å²) in [4.78, 5) is 36.7. The van der Waals surface area contributed by atoms with Crippen LogP contribution >= 0.6 is 0 Å². The normalized spacial score (nSPS) is 13.0. The van der Waals surface area contributed by atoms with E-state index in [1.54, 1.807) is 24.4 Å². The Labute approximate surface area is 200 Å². The number of benzene rings is 3. The molecule has 0 saturated heterocycles. The fourth-order valence-electron chi connectivity index (χ4n) is 4.42. The van der Waals surface area contributed by atoms with Crippen LogP contribution in [0.3, 0.4) is 0 Å². The van der Waals surface area contributed by atoms with Gasteiger partial charge < -0.3 is 20.5 Å². The highest BCUT2D eigenvalue weighted by Gasteiger charge is 2.30. The number of carbonyl (C=O) groups excluding carboxylic acids is 2. The van der Waals surface area contributed by atoms with Crippen molar-refractivity contribution in [2.75, 3.05) is 11.9 Å². The van der Waals surface area contributed by atoms with Gasteiger partial charge in [0, 0.05) is 17.0 Å². The standard InChI is InChI=1S/C26H22N4O5/c31-24(32)12-23(25(33)28-16-9-10-22-15(11-16)13-27-30-22)29-26(34)35-14-21-19-7-3-1-5-17(19)18-6-2-4-8-20(18)21/h1-11,13,21,23H,12,14H2,(H,27,30)(H,28,33)(H,29,34)(H,31,32). The highest BCUT2D eigenvalue weighted by atomic mass is 16.5. The Kier molecular flexibility index (Phi) is 5.88. The second-order valence-electron chi connectivity index (χ2n) is 8.28. The molecule has 9 nitrogen and oxygen atoms in total. The lowest BCUT2D eigenvalue weighted by Gasteiger charge is -2.19. The van der Waals surface area contributed by atoms with Crippen molar-refractivity contribution < 1.29 is 24.2 Å². The molecule has 0 bridgehead atoms. The molecule has 176 valence electrons. The smallest absolute Gasteiger partial charge is 0.407 e. The molecule has 0 saturated carbocycles. The largest absolute Gasteiger partial charge is 0.481 e. The number of alkyl carbamates (subject to hydrolysis) is 1. The highest BCUT2D eigenvalue weighted by molar-refractivity contribution is 5.99. The van der Waals surface area contributed by atoms with Crippen LogP contribution in [0.1, 0.15) is 23.5 Å². The summed E-state index contributed by atoms with van der Waals surface area (Å²) in [6, 6.07) is 19.6. The Balaban J connectivity index is 1.26. The summed E-state index contributed by atoms with van der Waals surface area (Å²) in [6.45, 7) is 0.0540. The zero-order valence-electron chi connectivity index (χ0n) is 18.5. The third kappa shape index (κ3) is 4.56. The van der Waals surface area contributed by atoms with Gasteiger partial charge in [0.05, 0.1) is 18.1 Å². The number of anilines is 1. The number of rotatable bonds is 7. The van der Waals surface area contributed by atoms with Gasteiger partial charge in [-0.3, -0.25) is 14.7 Å². The Morgan fingerprint density at radius 2 is 1.69 bits per heavy atom. The maximum absolute atomic E-state index is 12.8. The van der Waals surface area contributed by atoms with Crippen molar-refractivity contribution in [3.8, 4) is 11.1 Å². The van der Waals surface area contributed by atoms with E-state index < -0.39 is 30.4 Å². The van der Waals surface area contributed by atoms with E-state index in [4.69, 9.17) is 4.74 Å². The highest BCUT2D eigenvalue weighted by Crippen LogP contribution is 2.44. The second-order valence-corrected chi connectivity index (χ2v) is 8.28.